The van der Waals surface area contributed by atoms with Gasteiger partial charge in [-0.25, -0.2) is 19.7 Å². The maximum Gasteiger partial charge on any atom is 0.408 e. The van der Waals surface area contributed by atoms with Gasteiger partial charge in [0.05, 0.1) is 19.0 Å². The first-order chi connectivity index (χ1) is 19.7. The van der Waals surface area contributed by atoms with E-state index < -0.39 is 50.4 Å². The highest BCUT2D eigenvalue weighted by Crippen LogP contribution is 2.38. The summed E-state index contributed by atoms with van der Waals surface area (Å²) < 4.78 is 35.9. The summed E-state index contributed by atoms with van der Waals surface area (Å²) in [5, 5.41) is 12.9. The molecule has 1 aliphatic rings. The summed E-state index contributed by atoms with van der Waals surface area (Å²) in [4.78, 5) is 36.6. The standard InChI is InChI=1S/C22H36N7O8P.C3H8O/c1-21(2,3)37-20(31)24-9-15(30)28-38(33-7)34-10-14-13(36-22(4,5)32-6)8-16(35-14)29-12-27-17-18(23)25-11-26-19(17)29;1-2-3-4/h11-14,16H,8-10H2,1-7H3,(H,24,31)(H,28,30)(H2,23,25,26);4H,2-3H2,1H3. The van der Waals surface area contributed by atoms with E-state index in [1.165, 1.54) is 13.4 Å². The number of imidazole rings is 1. The third-order valence-electron chi connectivity index (χ3n) is 5.56. The number of alkyl carbamates (subject to hydrolysis) is 1. The SMILES string of the molecule is CCCO.COP(NC(=O)CNC(=O)OC(C)(C)C)OCC1OC(n2cnc3c(N)ncnc32)CC1OC(C)(C)OC. The number of fused-ring (bicyclic) bond motifs is 1. The van der Waals surface area contributed by atoms with E-state index >= 15 is 0 Å². The fourth-order valence-electron chi connectivity index (χ4n) is 3.52. The molecule has 42 heavy (non-hydrogen) atoms. The lowest BCUT2D eigenvalue weighted by Crippen LogP contribution is -2.39. The Balaban J connectivity index is 0.00000144. The minimum absolute atomic E-state index is 0.0318. The number of carbonyl (C=O) groups excluding carboxylic acids is 2. The predicted molar refractivity (Wildman–Crippen MR) is 154 cm³/mol. The molecule has 238 valence electrons. The molecule has 0 saturated carbocycles. The molecular weight excluding hydrogens is 573 g/mol. The number of hydrogen-bond donors (Lipinski definition) is 4. The van der Waals surface area contributed by atoms with E-state index in [1.54, 1.807) is 52.6 Å². The minimum Gasteiger partial charge on any atom is -0.444 e. The number of aliphatic hydroxyl groups excluding tert-OH is 1. The molecule has 0 radical (unpaired) electrons. The Morgan fingerprint density at radius 2 is 1.90 bits per heavy atom. The first-order valence-corrected chi connectivity index (χ1v) is 14.6. The van der Waals surface area contributed by atoms with Crippen LogP contribution in [0, 0.1) is 0 Å². The second kappa shape index (κ2) is 16.2. The quantitative estimate of drug-likeness (QED) is 0.200. The molecule has 2 aromatic rings. The normalized spacial score (nSPS) is 19.6. The molecule has 0 aromatic carbocycles. The lowest BCUT2D eigenvalue weighted by molar-refractivity contribution is -0.232. The molecule has 17 heteroatoms. The Labute approximate surface area is 246 Å². The number of nitrogen functional groups attached to an aromatic ring is 1. The van der Waals surface area contributed by atoms with Gasteiger partial charge in [0.25, 0.3) is 8.53 Å². The van der Waals surface area contributed by atoms with E-state index in [9.17, 15) is 9.59 Å². The van der Waals surface area contributed by atoms with Gasteiger partial charge in [0.1, 0.15) is 36.3 Å². The summed E-state index contributed by atoms with van der Waals surface area (Å²) in [5.41, 5.74) is 6.23. The van der Waals surface area contributed by atoms with Crippen molar-refractivity contribution in [1.29, 1.82) is 0 Å². The molecule has 2 amide bonds. The fourth-order valence-corrected chi connectivity index (χ4v) is 4.34. The number of aromatic nitrogens is 4. The summed E-state index contributed by atoms with van der Waals surface area (Å²) in [6.45, 7) is 10.7. The van der Waals surface area contributed by atoms with Crippen LogP contribution in [-0.4, -0.2) is 94.2 Å². The molecule has 4 atom stereocenters. The van der Waals surface area contributed by atoms with Crippen molar-refractivity contribution in [3.8, 4) is 0 Å². The van der Waals surface area contributed by atoms with Crippen LogP contribution in [0.4, 0.5) is 10.6 Å². The third-order valence-corrected chi connectivity index (χ3v) is 6.71. The molecule has 1 saturated heterocycles. The van der Waals surface area contributed by atoms with E-state index in [1.807, 2.05) is 6.92 Å². The Morgan fingerprint density at radius 3 is 2.50 bits per heavy atom. The van der Waals surface area contributed by atoms with Crippen LogP contribution >= 0.6 is 8.53 Å². The lowest BCUT2D eigenvalue weighted by Gasteiger charge is -2.30. The molecule has 0 bridgehead atoms. The second-order valence-electron chi connectivity index (χ2n) is 10.6. The van der Waals surface area contributed by atoms with Gasteiger partial charge in [-0.05, 0) is 41.0 Å². The van der Waals surface area contributed by atoms with Crippen LogP contribution in [0.2, 0.25) is 0 Å². The molecule has 1 fully saturated rings. The van der Waals surface area contributed by atoms with Gasteiger partial charge in [-0.15, -0.1) is 0 Å². The molecule has 0 spiro atoms. The first kappa shape index (κ1) is 35.5. The highest BCUT2D eigenvalue weighted by Gasteiger charge is 2.41. The van der Waals surface area contributed by atoms with Gasteiger partial charge in [0, 0.05) is 27.2 Å². The van der Waals surface area contributed by atoms with E-state index in [0.29, 0.717) is 24.2 Å². The summed E-state index contributed by atoms with van der Waals surface area (Å²) in [6, 6.07) is 0. The number of nitrogens with zero attached hydrogens (tertiary/aromatic N) is 4. The van der Waals surface area contributed by atoms with Crippen LogP contribution in [0.3, 0.4) is 0 Å². The van der Waals surface area contributed by atoms with Crippen molar-refractivity contribution in [3.63, 3.8) is 0 Å². The third kappa shape index (κ3) is 11.2. The van der Waals surface area contributed by atoms with Gasteiger partial charge in [-0.1, -0.05) is 6.92 Å². The summed E-state index contributed by atoms with van der Waals surface area (Å²) >= 11 is 0. The number of anilines is 1. The highest BCUT2D eigenvalue weighted by molar-refractivity contribution is 7.45. The monoisotopic (exact) mass is 617 g/mol. The van der Waals surface area contributed by atoms with Crippen LogP contribution in [0.15, 0.2) is 12.7 Å². The van der Waals surface area contributed by atoms with Crippen molar-refractivity contribution < 1.29 is 42.7 Å². The largest absolute Gasteiger partial charge is 0.444 e. The average Bonchev–Trinajstić information content (AvgIpc) is 3.53. The molecule has 5 N–H and O–H groups in total. The zero-order valence-electron chi connectivity index (χ0n) is 25.4. The van der Waals surface area contributed by atoms with Gasteiger partial charge in [-0.2, -0.15) is 0 Å². The number of nitrogens with one attached hydrogen (secondary N) is 2. The molecule has 4 unspecified atom stereocenters. The van der Waals surface area contributed by atoms with Gasteiger partial charge < -0.3 is 44.2 Å². The van der Waals surface area contributed by atoms with Crippen LogP contribution in [0.25, 0.3) is 11.2 Å². The van der Waals surface area contributed by atoms with Crippen LogP contribution < -0.4 is 16.1 Å². The van der Waals surface area contributed by atoms with Crippen LogP contribution in [0.5, 0.6) is 0 Å². The Bertz CT molecular complexity index is 1140. The zero-order valence-corrected chi connectivity index (χ0v) is 26.3. The number of carbonyl (C=O) groups is 2. The number of rotatable bonds is 12. The van der Waals surface area contributed by atoms with Crippen molar-refractivity contribution in [2.75, 3.05) is 39.7 Å². The number of aliphatic hydroxyl groups is 1. The van der Waals surface area contributed by atoms with Gasteiger partial charge in [-0.3, -0.25) is 14.4 Å². The number of nitrogens with two attached hydrogens (primary N) is 1. The van der Waals surface area contributed by atoms with Crippen molar-refractivity contribution in [2.45, 2.75) is 84.2 Å². The summed E-state index contributed by atoms with van der Waals surface area (Å²) in [6.07, 6.45) is 2.07. The van der Waals surface area contributed by atoms with E-state index in [0.717, 1.165) is 6.42 Å². The number of hydrogen-bond acceptors (Lipinski definition) is 13. The highest BCUT2D eigenvalue weighted by atomic mass is 31.2. The van der Waals surface area contributed by atoms with E-state index in [2.05, 4.69) is 25.4 Å². The molecule has 16 nitrogen and oxygen atoms in total. The average molecular weight is 618 g/mol. The minimum atomic E-state index is -1.83. The Morgan fingerprint density at radius 1 is 1.21 bits per heavy atom. The Kier molecular flexibility index (Phi) is 13.7. The van der Waals surface area contributed by atoms with Gasteiger partial charge >= 0.3 is 6.09 Å². The van der Waals surface area contributed by atoms with Crippen LogP contribution in [-0.2, 0) is 32.8 Å². The molecule has 3 heterocycles. The number of amides is 2. The zero-order chi connectivity index (χ0) is 31.5. The number of ether oxygens (including phenoxy) is 4. The molecule has 2 aromatic heterocycles. The Hall–Kier alpha value is -2.72. The summed E-state index contributed by atoms with van der Waals surface area (Å²) in [5.74, 6) is -1.13. The van der Waals surface area contributed by atoms with Crippen molar-refractivity contribution in [3.05, 3.63) is 12.7 Å². The van der Waals surface area contributed by atoms with Crippen LogP contribution in [0.1, 0.15) is 60.6 Å². The van der Waals surface area contributed by atoms with E-state index in [-0.39, 0.29) is 19.0 Å². The predicted octanol–water partition coefficient (Wildman–Crippen LogP) is 2.38. The fraction of sp³-hybridized carbons (Fsp3) is 0.720. The molecule has 1 aliphatic heterocycles. The number of methoxy groups -OCH3 is 1. The van der Waals surface area contributed by atoms with Crippen molar-refractivity contribution >= 4 is 37.5 Å². The lowest BCUT2D eigenvalue weighted by atomic mass is 10.1. The van der Waals surface area contributed by atoms with Gasteiger partial charge in [0.15, 0.2) is 17.3 Å². The van der Waals surface area contributed by atoms with Crippen molar-refractivity contribution in [2.24, 2.45) is 0 Å². The molecule has 3 rings (SSSR count). The topological polar surface area (TPSA) is 203 Å². The first-order valence-electron chi connectivity index (χ1n) is 13.4. The van der Waals surface area contributed by atoms with Gasteiger partial charge in [0.2, 0.25) is 5.91 Å². The summed E-state index contributed by atoms with van der Waals surface area (Å²) in [7, 11) is 1.11. The molecular formula is C25H44N7O9P. The maximum absolute atomic E-state index is 12.3. The second-order valence-corrected chi connectivity index (χ2v) is 11.9. The van der Waals surface area contributed by atoms with Crippen molar-refractivity contribution in [1.82, 2.24) is 29.9 Å². The maximum atomic E-state index is 12.3. The van der Waals surface area contributed by atoms with E-state index in [4.69, 9.17) is 38.8 Å². The smallest absolute Gasteiger partial charge is 0.408 e. The molecule has 0 aliphatic carbocycles.